The van der Waals surface area contributed by atoms with Crippen LogP contribution in [-0.4, -0.2) is 35.1 Å². The Morgan fingerprint density at radius 3 is 2.77 bits per heavy atom. The Bertz CT molecular complexity index is 758. The fourth-order valence-electron chi connectivity index (χ4n) is 2.59. The van der Waals surface area contributed by atoms with E-state index in [9.17, 15) is 9.59 Å². The standard InChI is InChI=1S/C19H24ClN3O3/c1-3-4-9-17-21-11-15(10-18(24)22-12-19(25)26-2)23(17)13-14-7-5-6-8-16(14)20/h5-8,11H,3-4,9-10,12-13H2,1-2H3,(H,22,24). The summed E-state index contributed by atoms with van der Waals surface area (Å²) in [5.74, 6) is 0.201. The Balaban J connectivity index is 2.17. The number of rotatable bonds is 9. The first-order valence-electron chi connectivity index (χ1n) is 8.65. The maximum Gasteiger partial charge on any atom is 0.325 e. The lowest BCUT2D eigenvalue weighted by molar-refractivity contribution is -0.141. The van der Waals surface area contributed by atoms with Crippen LogP contribution in [0.3, 0.4) is 0 Å². The summed E-state index contributed by atoms with van der Waals surface area (Å²) in [6.07, 6.45) is 4.78. The molecule has 0 bridgehead atoms. The number of benzene rings is 1. The van der Waals surface area contributed by atoms with Crippen molar-refractivity contribution in [3.63, 3.8) is 0 Å². The van der Waals surface area contributed by atoms with Crippen LogP contribution in [0.2, 0.25) is 5.02 Å². The number of aromatic nitrogens is 2. The van der Waals surface area contributed by atoms with Gasteiger partial charge in [0.25, 0.3) is 0 Å². The summed E-state index contributed by atoms with van der Waals surface area (Å²) < 4.78 is 6.57. The van der Waals surface area contributed by atoms with Crippen LogP contribution in [-0.2, 0) is 33.7 Å². The average Bonchev–Trinajstić information content (AvgIpc) is 3.01. The van der Waals surface area contributed by atoms with Crippen LogP contribution < -0.4 is 5.32 Å². The molecule has 140 valence electrons. The number of hydrogen-bond acceptors (Lipinski definition) is 4. The predicted octanol–water partition coefficient (Wildman–Crippen LogP) is 2.76. The summed E-state index contributed by atoms with van der Waals surface area (Å²) in [5.41, 5.74) is 1.76. The van der Waals surface area contributed by atoms with Crippen molar-refractivity contribution < 1.29 is 14.3 Å². The van der Waals surface area contributed by atoms with Crippen molar-refractivity contribution in [1.82, 2.24) is 14.9 Å². The number of carbonyl (C=O) groups is 2. The van der Waals surface area contributed by atoms with Gasteiger partial charge in [-0.25, -0.2) is 4.98 Å². The van der Waals surface area contributed by atoms with Gasteiger partial charge in [-0.3, -0.25) is 9.59 Å². The molecule has 1 aromatic heterocycles. The van der Waals surface area contributed by atoms with Gasteiger partial charge < -0.3 is 14.6 Å². The largest absolute Gasteiger partial charge is 0.468 e. The van der Waals surface area contributed by atoms with E-state index in [4.69, 9.17) is 11.6 Å². The van der Waals surface area contributed by atoms with Crippen LogP contribution in [0.5, 0.6) is 0 Å². The summed E-state index contributed by atoms with van der Waals surface area (Å²) in [5, 5.41) is 3.24. The van der Waals surface area contributed by atoms with Gasteiger partial charge in [0.2, 0.25) is 5.91 Å². The first-order valence-corrected chi connectivity index (χ1v) is 9.03. The number of esters is 1. The molecule has 0 spiro atoms. The zero-order valence-corrected chi connectivity index (χ0v) is 15.9. The fourth-order valence-corrected chi connectivity index (χ4v) is 2.78. The molecule has 0 unspecified atom stereocenters. The highest BCUT2D eigenvalue weighted by atomic mass is 35.5. The fraction of sp³-hybridized carbons (Fsp3) is 0.421. The third kappa shape index (κ3) is 5.59. The maximum atomic E-state index is 12.1. The number of ether oxygens (including phenoxy) is 1. The van der Waals surface area contributed by atoms with Crippen molar-refractivity contribution >= 4 is 23.5 Å². The molecule has 0 aliphatic heterocycles. The number of aryl methyl sites for hydroxylation is 1. The highest BCUT2D eigenvalue weighted by Crippen LogP contribution is 2.19. The SMILES string of the molecule is CCCCc1ncc(CC(=O)NCC(=O)OC)n1Cc1ccccc1Cl. The summed E-state index contributed by atoms with van der Waals surface area (Å²) in [4.78, 5) is 27.8. The van der Waals surface area contributed by atoms with E-state index in [0.29, 0.717) is 11.6 Å². The quantitative estimate of drug-likeness (QED) is 0.682. The molecule has 7 heteroatoms. The van der Waals surface area contributed by atoms with E-state index in [0.717, 1.165) is 36.3 Å². The molecule has 0 saturated heterocycles. The van der Waals surface area contributed by atoms with E-state index in [2.05, 4.69) is 22.0 Å². The van der Waals surface area contributed by atoms with E-state index in [1.807, 2.05) is 28.8 Å². The Morgan fingerprint density at radius 2 is 2.08 bits per heavy atom. The van der Waals surface area contributed by atoms with Gasteiger partial charge in [-0.15, -0.1) is 0 Å². The molecule has 1 heterocycles. The molecule has 26 heavy (non-hydrogen) atoms. The van der Waals surface area contributed by atoms with Crippen molar-refractivity contribution in [1.29, 1.82) is 0 Å². The van der Waals surface area contributed by atoms with E-state index in [-0.39, 0.29) is 18.9 Å². The van der Waals surface area contributed by atoms with Gasteiger partial charge in [0.1, 0.15) is 12.4 Å². The molecular weight excluding hydrogens is 354 g/mol. The number of methoxy groups -OCH3 is 1. The topological polar surface area (TPSA) is 73.2 Å². The van der Waals surface area contributed by atoms with E-state index in [1.165, 1.54) is 7.11 Å². The molecule has 0 aliphatic carbocycles. The van der Waals surface area contributed by atoms with E-state index < -0.39 is 5.97 Å². The van der Waals surface area contributed by atoms with Crippen molar-refractivity contribution in [3.8, 4) is 0 Å². The highest BCUT2D eigenvalue weighted by molar-refractivity contribution is 6.31. The molecule has 0 radical (unpaired) electrons. The number of amides is 1. The molecule has 2 rings (SSSR count). The Morgan fingerprint density at radius 1 is 1.31 bits per heavy atom. The lowest BCUT2D eigenvalue weighted by Gasteiger charge is -2.13. The van der Waals surface area contributed by atoms with Gasteiger partial charge >= 0.3 is 5.97 Å². The van der Waals surface area contributed by atoms with Crippen LogP contribution in [0.4, 0.5) is 0 Å². The van der Waals surface area contributed by atoms with Gasteiger partial charge in [-0.05, 0) is 18.1 Å². The van der Waals surface area contributed by atoms with Gasteiger partial charge in [-0.1, -0.05) is 43.1 Å². The van der Waals surface area contributed by atoms with Crippen LogP contribution in [0.1, 0.15) is 36.8 Å². The number of nitrogens with zero attached hydrogens (tertiary/aromatic N) is 2. The minimum atomic E-state index is -0.480. The maximum absolute atomic E-state index is 12.1. The minimum absolute atomic E-state index is 0.139. The van der Waals surface area contributed by atoms with Gasteiger partial charge in [-0.2, -0.15) is 0 Å². The molecule has 1 aromatic carbocycles. The lowest BCUT2D eigenvalue weighted by atomic mass is 10.2. The lowest BCUT2D eigenvalue weighted by Crippen LogP contribution is -2.31. The number of hydrogen-bond donors (Lipinski definition) is 1. The molecule has 0 saturated carbocycles. The van der Waals surface area contributed by atoms with Crippen LogP contribution >= 0.6 is 11.6 Å². The number of nitrogens with one attached hydrogen (secondary N) is 1. The number of imidazole rings is 1. The third-order valence-corrected chi connectivity index (χ3v) is 4.43. The second kappa shape index (κ2) is 9.97. The normalized spacial score (nSPS) is 10.6. The molecule has 1 amide bonds. The number of unbranched alkanes of at least 4 members (excludes halogenated alkanes) is 1. The average molecular weight is 378 g/mol. The predicted molar refractivity (Wildman–Crippen MR) is 100 cm³/mol. The van der Waals surface area contributed by atoms with Crippen LogP contribution in [0.15, 0.2) is 30.5 Å². The van der Waals surface area contributed by atoms with Crippen molar-refractivity contribution in [2.75, 3.05) is 13.7 Å². The van der Waals surface area contributed by atoms with Crippen molar-refractivity contribution in [2.45, 2.75) is 39.2 Å². The number of carbonyl (C=O) groups excluding carboxylic acids is 2. The van der Waals surface area contributed by atoms with Crippen LogP contribution in [0.25, 0.3) is 0 Å². The summed E-state index contributed by atoms with van der Waals surface area (Å²) in [6.45, 7) is 2.54. The second-order valence-corrected chi connectivity index (χ2v) is 6.38. The van der Waals surface area contributed by atoms with Gasteiger partial charge in [0, 0.05) is 23.3 Å². The summed E-state index contributed by atoms with van der Waals surface area (Å²) in [6, 6.07) is 7.64. The van der Waals surface area contributed by atoms with Gasteiger partial charge in [0.15, 0.2) is 0 Å². The first-order chi connectivity index (χ1) is 12.5. The van der Waals surface area contributed by atoms with E-state index in [1.54, 1.807) is 6.20 Å². The Labute approximate surface area is 158 Å². The van der Waals surface area contributed by atoms with Crippen molar-refractivity contribution in [2.24, 2.45) is 0 Å². The van der Waals surface area contributed by atoms with E-state index >= 15 is 0 Å². The highest BCUT2D eigenvalue weighted by Gasteiger charge is 2.15. The second-order valence-electron chi connectivity index (χ2n) is 5.98. The van der Waals surface area contributed by atoms with Crippen molar-refractivity contribution in [3.05, 3.63) is 52.6 Å². The monoisotopic (exact) mass is 377 g/mol. The summed E-state index contributed by atoms with van der Waals surface area (Å²) >= 11 is 6.29. The molecule has 2 aromatic rings. The molecule has 1 N–H and O–H groups in total. The number of halogens is 1. The third-order valence-electron chi connectivity index (χ3n) is 4.06. The Hall–Kier alpha value is -2.34. The molecule has 0 fully saturated rings. The minimum Gasteiger partial charge on any atom is -0.468 e. The Kier molecular flexibility index (Phi) is 7.66. The smallest absolute Gasteiger partial charge is 0.325 e. The molecule has 6 nitrogen and oxygen atoms in total. The summed E-state index contributed by atoms with van der Waals surface area (Å²) in [7, 11) is 1.28. The zero-order valence-electron chi connectivity index (χ0n) is 15.1. The molecule has 0 atom stereocenters. The molecule has 0 aliphatic rings. The molecular formula is C19H24ClN3O3. The van der Waals surface area contributed by atoms with Gasteiger partial charge in [0.05, 0.1) is 20.1 Å². The van der Waals surface area contributed by atoms with Crippen LogP contribution in [0, 0.1) is 0 Å². The zero-order chi connectivity index (χ0) is 18.9. The first kappa shape index (κ1) is 20.0.